The number of aromatic nitrogens is 1. The van der Waals surface area contributed by atoms with E-state index in [9.17, 15) is 4.39 Å². The van der Waals surface area contributed by atoms with E-state index in [1.807, 2.05) is 0 Å². The summed E-state index contributed by atoms with van der Waals surface area (Å²) in [5, 5.41) is 0. The predicted molar refractivity (Wildman–Crippen MR) is 62.4 cm³/mol. The maximum absolute atomic E-state index is 13.5. The van der Waals surface area contributed by atoms with E-state index in [2.05, 4.69) is 20.9 Å². The van der Waals surface area contributed by atoms with Gasteiger partial charge in [0.1, 0.15) is 5.82 Å². The SMILES string of the molecule is NCCc1ncc(-c2cc(Br)ccc2F)o1. The van der Waals surface area contributed by atoms with Crippen molar-refractivity contribution in [2.45, 2.75) is 6.42 Å². The van der Waals surface area contributed by atoms with E-state index in [0.717, 1.165) is 4.47 Å². The number of benzene rings is 1. The number of rotatable bonds is 3. The minimum absolute atomic E-state index is 0.335. The number of nitrogens with two attached hydrogens (primary N) is 1. The molecule has 0 spiro atoms. The largest absolute Gasteiger partial charge is 0.441 e. The molecule has 16 heavy (non-hydrogen) atoms. The predicted octanol–water partition coefficient (Wildman–Crippen LogP) is 2.74. The van der Waals surface area contributed by atoms with Crippen molar-refractivity contribution >= 4 is 15.9 Å². The van der Waals surface area contributed by atoms with Crippen molar-refractivity contribution in [3.8, 4) is 11.3 Å². The van der Waals surface area contributed by atoms with Crippen LogP contribution in [0.4, 0.5) is 4.39 Å². The third kappa shape index (κ3) is 2.31. The highest BCUT2D eigenvalue weighted by Gasteiger charge is 2.11. The van der Waals surface area contributed by atoms with Gasteiger partial charge in [0.05, 0.1) is 11.8 Å². The van der Waals surface area contributed by atoms with E-state index in [4.69, 9.17) is 10.2 Å². The quantitative estimate of drug-likeness (QED) is 0.943. The van der Waals surface area contributed by atoms with Crippen molar-refractivity contribution in [3.63, 3.8) is 0 Å². The van der Waals surface area contributed by atoms with Gasteiger partial charge in [-0.25, -0.2) is 9.37 Å². The van der Waals surface area contributed by atoms with Gasteiger partial charge in [-0.15, -0.1) is 0 Å². The topological polar surface area (TPSA) is 52.0 Å². The molecule has 3 nitrogen and oxygen atoms in total. The molecule has 0 saturated heterocycles. The summed E-state index contributed by atoms with van der Waals surface area (Å²) in [4.78, 5) is 4.02. The number of halogens is 2. The third-order valence-corrected chi connectivity index (χ3v) is 2.60. The second kappa shape index (κ2) is 4.76. The van der Waals surface area contributed by atoms with Gasteiger partial charge in [-0.3, -0.25) is 0 Å². The average molecular weight is 285 g/mol. The van der Waals surface area contributed by atoms with Crippen LogP contribution in [0, 0.1) is 5.82 Å². The molecular weight excluding hydrogens is 275 g/mol. The fourth-order valence-corrected chi connectivity index (χ4v) is 1.72. The van der Waals surface area contributed by atoms with Gasteiger partial charge in [0, 0.05) is 17.4 Å². The van der Waals surface area contributed by atoms with Crippen molar-refractivity contribution in [1.29, 1.82) is 0 Å². The molecule has 0 atom stereocenters. The maximum atomic E-state index is 13.5. The minimum Gasteiger partial charge on any atom is -0.441 e. The van der Waals surface area contributed by atoms with Gasteiger partial charge in [-0.05, 0) is 18.2 Å². The lowest BCUT2D eigenvalue weighted by molar-refractivity contribution is 0.504. The first-order valence-electron chi connectivity index (χ1n) is 4.81. The molecule has 0 aliphatic carbocycles. The summed E-state index contributed by atoms with van der Waals surface area (Å²) in [6.07, 6.45) is 2.06. The van der Waals surface area contributed by atoms with Crippen LogP contribution in [0.5, 0.6) is 0 Å². The molecule has 84 valence electrons. The molecule has 1 heterocycles. The summed E-state index contributed by atoms with van der Waals surface area (Å²) in [7, 11) is 0. The van der Waals surface area contributed by atoms with Crippen LogP contribution in [-0.4, -0.2) is 11.5 Å². The lowest BCUT2D eigenvalue weighted by Crippen LogP contribution is -2.02. The molecule has 1 aromatic carbocycles. The first kappa shape index (κ1) is 11.3. The summed E-state index contributed by atoms with van der Waals surface area (Å²) in [6.45, 7) is 0.459. The van der Waals surface area contributed by atoms with Crippen LogP contribution in [-0.2, 0) is 6.42 Å². The van der Waals surface area contributed by atoms with Crippen LogP contribution in [0.15, 0.2) is 33.3 Å². The zero-order valence-electron chi connectivity index (χ0n) is 8.41. The molecular formula is C11H10BrFN2O. The lowest BCUT2D eigenvalue weighted by atomic mass is 10.2. The normalized spacial score (nSPS) is 10.7. The van der Waals surface area contributed by atoms with Gasteiger partial charge in [0.25, 0.3) is 0 Å². The fourth-order valence-electron chi connectivity index (χ4n) is 1.36. The second-order valence-electron chi connectivity index (χ2n) is 3.28. The summed E-state index contributed by atoms with van der Waals surface area (Å²) in [5.41, 5.74) is 5.77. The van der Waals surface area contributed by atoms with E-state index < -0.39 is 0 Å². The van der Waals surface area contributed by atoms with Gasteiger partial charge in [-0.1, -0.05) is 15.9 Å². The van der Waals surface area contributed by atoms with Crippen molar-refractivity contribution in [1.82, 2.24) is 4.98 Å². The van der Waals surface area contributed by atoms with Gasteiger partial charge >= 0.3 is 0 Å². The summed E-state index contributed by atoms with van der Waals surface area (Å²) in [6, 6.07) is 4.67. The van der Waals surface area contributed by atoms with Crippen LogP contribution in [0.25, 0.3) is 11.3 Å². The van der Waals surface area contributed by atoms with E-state index in [1.165, 1.54) is 12.3 Å². The van der Waals surface area contributed by atoms with E-state index >= 15 is 0 Å². The van der Waals surface area contributed by atoms with Crippen LogP contribution in [0.2, 0.25) is 0 Å². The Labute approximate surface area is 101 Å². The molecule has 0 bridgehead atoms. The van der Waals surface area contributed by atoms with Crippen LogP contribution in [0.3, 0.4) is 0 Å². The van der Waals surface area contributed by atoms with Crippen LogP contribution < -0.4 is 5.73 Å². The van der Waals surface area contributed by atoms with Gasteiger partial charge in [0.15, 0.2) is 11.7 Å². The van der Waals surface area contributed by atoms with Gasteiger partial charge in [-0.2, -0.15) is 0 Å². The highest BCUT2D eigenvalue weighted by Crippen LogP contribution is 2.26. The van der Waals surface area contributed by atoms with Crippen molar-refractivity contribution in [2.24, 2.45) is 5.73 Å². The zero-order valence-corrected chi connectivity index (χ0v) is 10.00. The molecule has 0 aliphatic rings. The average Bonchev–Trinajstić information content (AvgIpc) is 2.71. The molecule has 1 aromatic heterocycles. The number of oxazole rings is 1. The number of hydrogen-bond donors (Lipinski definition) is 1. The molecule has 2 N–H and O–H groups in total. The Morgan fingerprint density at radius 3 is 3.00 bits per heavy atom. The first-order chi connectivity index (χ1) is 7.70. The summed E-state index contributed by atoms with van der Waals surface area (Å²) in [5.74, 6) is 0.609. The smallest absolute Gasteiger partial charge is 0.196 e. The molecule has 0 unspecified atom stereocenters. The molecule has 0 fully saturated rings. The fraction of sp³-hybridized carbons (Fsp3) is 0.182. The molecule has 5 heteroatoms. The Bertz CT molecular complexity index is 498. The molecule has 2 aromatic rings. The Kier molecular flexibility index (Phi) is 3.36. The summed E-state index contributed by atoms with van der Waals surface area (Å²) < 4.78 is 19.7. The van der Waals surface area contributed by atoms with Crippen LogP contribution >= 0.6 is 15.9 Å². The van der Waals surface area contributed by atoms with Crippen molar-refractivity contribution in [2.75, 3.05) is 6.54 Å². The Morgan fingerprint density at radius 2 is 2.25 bits per heavy atom. The van der Waals surface area contributed by atoms with Crippen LogP contribution in [0.1, 0.15) is 5.89 Å². The zero-order chi connectivity index (χ0) is 11.5. The number of hydrogen-bond acceptors (Lipinski definition) is 3. The third-order valence-electron chi connectivity index (χ3n) is 2.11. The van der Waals surface area contributed by atoms with Gasteiger partial charge in [0.2, 0.25) is 0 Å². The van der Waals surface area contributed by atoms with Crippen molar-refractivity contribution in [3.05, 3.63) is 40.6 Å². The Morgan fingerprint density at radius 1 is 1.44 bits per heavy atom. The molecule has 0 saturated carbocycles. The van der Waals surface area contributed by atoms with E-state index in [0.29, 0.717) is 30.2 Å². The maximum Gasteiger partial charge on any atom is 0.196 e. The standard InChI is InChI=1S/C11H10BrFN2O/c12-7-1-2-9(13)8(5-7)10-6-15-11(16-10)3-4-14/h1-2,5-6H,3-4,14H2. The highest BCUT2D eigenvalue weighted by molar-refractivity contribution is 9.10. The highest BCUT2D eigenvalue weighted by atomic mass is 79.9. The Hall–Kier alpha value is -1.20. The van der Waals surface area contributed by atoms with E-state index in [-0.39, 0.29) is 5.82 Å². The summed E-state index contributed by atoms with van der Waals surface area (Å²) >= 11 is 3.28. The first-order valence-corrected chi connectivity index (χ1v) is 5.60. The molecule has 2 rings (SSSR count). The second-order valence-corrected chi connectivity index (χ2v) is 4.20. The lowest BCUT2D eigenvalue weighted by Gasteiger charge is -1.99. The number of nitrogens with zero attached hydrogens (tertiary/aromatic N) is 1. The molecule has 0 aliphatic heterocycles. The molecule has 0 radical (unpaired) electrons. The van der Waals surface area contributed by atoms with E-state index in [1.54, 1.807) is 12.1 Å². The monoisotopic (exact) mass is 284 g/mol. The minimum atomic E-state index is -0.335. The van der Waals surface area contributed by atoms with Gasteiger partial charge < -0.3 is 10.2 Å². The Balaban J connectivity index is 2.38. The molecule has 0 amide bonds. The van der Waals surface area contributed by atoms with Crippen molar-refractivity contribution < 1.29 is 8.81 Å².